The van der Waals surface area contributed by atoms with Gasteiger partial charge in [0, 0.05) is 33.8 Å². The minimum Gasteiger partial charge on any atom is -0.484 e. The predicted octanol–water partition coefficient (Wildman–Crippen LogP) is 13.8. The van der Waals surface area contributed by atoms with E-state index < -0.39 is 0 Å². The molecular formula is C52H39NO. The molecule has 2 atom stereocenters. The molecule has 1 aliphatic carbocycles. The van der Waals surface area contributed by atoms with Crippen molar-refractivity contribution in [3.63, 3.8) is 0 Å². The molecule has 0 N–H and O–H groups in total. The molecule has 0 aromatic heterocycles. The lowest BCUT2D eigenvalue weighted by atomic mass is 9.85. The van der Waals surface area contributed by atoms with Crippen molar-refractivity contribution < 1.29 is 4.74 Å². The molecule has 1 aliphatic heterocycles. The zero-order chi connectivity index (χ0) is 36.4. The summed E-state index contributed by atoms with van der Waals surface area (Å²) in [5.74, 6) is 1.13. The Kier molecular flexibility index (Phi) is 8.70. The average Bonchev–Trinajstić information content (AvgIpc) is 3.63. The first-order valence-corrected chi connectivity index (χ1v) is 18.5. The SMILES string of the molecule is C=C/C(=C\C(=C)c1ccccc1)c1ccc(N(c2ccc(-c3ccccc3)cc2)c2ccccc2C2=CC3c4ccc5ccccc5c4OC3C=C2)cc1. The van der Waals surface area contributed by atoms with E-state index in [1.54, 1.807) is 0 Å². The summed E-state index contributed by atoms with van der Waals surface area (Å²) < 4.78 is 6.60. The van der Waals surface area contributed by atoms with Gasteiger partial charge >= 0.3 is 0 Å². The molecule has 2 heteroatoms. The van der Waals surface area contributed by atoms with E-state index in [9.17, 15) is 0 Å². The summed E-state index contributed by atoms with van der Waals surface area (Å²) >= 11 is 0. The molecule has 0 saturated carbocycles. The van der Waals surface area contributed by atoms with Gasteiger partial charge in [-0.25, -0.2) is 0 Å². The van der Waals surface area contributed by atoms with Gasteiger partial charge in [-0.1, -0.05) is 171 Å². The Balaban J connectivity index is 1.12. The van der Waals surface area contributed by atoms with Crippen LogP contribution in [0.3, 0.4) is 0 Å². The van der Waals surface area contributed by atoms with Crippen LogP contribution in [0.4, 0.5) is 17.1 Å². The summed E-state index contributed by atoms with van der Waals surface area (Å²) in [6.07, 6.45) is 10.8. The van der Waals surface area contributed by atoms with Gasteiger partial charge in [0.25, 0.3) is 0 Å². The second-order valence-electron chi connectivity index (χ2n) is 13.8. The van der Waals surface area contributed by atoms with Crippen LogP contribution in [0, 0.1) is 0 Å². The van der Waals surface area contributed by atoms with E-state index in [0.717, 1.165) is 50.6 Å². The van der Waals surface area contributed by atoms with E-state index in [-0.39, 0.29) is 12.0 Å². The molecule has 1 heterocycles. The predicted molar refractivity (Wildman–Crippen MR) is 228 cm³/mol. The molecule has 0 spiro atoms. The fourth-order valence-corrected chi connectivity index (χ4v) is 7.77. The van der Waals surface area contributed by atoms with Crippen molar-refractivity contribution in [3.05, 3.63) is 236 Å². The van der Waals surface area contributed by atoms with Crippen molar-refractivity contribution in [1.29, 1.82) is 0 Å². The van der Waals surface area contributed by atoms with Crippen LogP contribution < -0.4 is 9.64 Å². The van der Waals surface area contributed by atoms with Gasteiger partial charge in [0.1, 0.15) is 11.9 Å². The van der Waals surface area contributed by atoms with Crippen LogP contribution in [0.5, 0.6) is 5.75 Å². The average molecular weight is 694 g/mol. The second-order valence-corrected chi connectivity index (χ2v) is 13.8. The lowest BCUT2D eigenvalue weighted by Gasteiger charge is -2.29. The Hall–Kier alpha value is -6.90. The van der Waals surface area contributed by atoms with Crippen LogP contribution >= 0.6 is 0 Å². The van der Waals surface area contributed by atoms with Gasteiger partial charge < -0.3 is 9.64 Å². The number of fused-ring (bicyclic) bond motifs is 5. The molecule has 2 aliphatic rings. The van der Waals surface area contributed by atoms with Gasteiger partial charge in [0.15, 0.2) is 0 Å². The van der Waals surface area contributed by atoms with Crippen molar-refractivity contribution in [1.82, 2.24) is 0 Å². The minimum absolute atomic E-state index is 0.0269. The third kappa shape index (κ3) is 6.18. The zero-order valence-electron chi connectivity index (χ0n) is 30.0. The first-order chi connectivity index (χ1) is 26.6. The van der Waals surface area contributed by atoms with Crippen molar-refractivity contribution in [2.45, 2.75) is 12.0 Å². The van der Waals surface area contributed by atoms with Crippen LogP contribution in [0.2, 0.25) is 0 Å². The summed E-state index contributed by atoms with van der Waals surface area (Å²) in [4.78, 5) is 2.36. The molecule has 0 amide bonds. The Morgan fingerprint density at radius 3 is 2.02 bits per heavy atom. The molecule has 9 rings (SSSR count). The quantitative estimate of drug-likeness (QED) is 0.140. The highest BCUT2D eigenvalue weighted by molar-refractivity contribution is 5.94. The number of ether oxygens (including phenoxy) is 1. The molecule has 2 nitrogen and oxygen atoms in total. The minimum atomic E-state index is -0.0269. The number of hydrogen-bond donors (Lipinski definition) is 0. The summed E-state index contributed by atoms with van der Waals surface area (Å²) in [6, 6.07) is 60.1. The number of nitrogens with zero attached hydrogens (tertiary/aromatic N) is 1. The molecule has 7 aromatic rings. The van der Waals surface area contributed by atoms with E-state index in [0.29, 0.717) is 0 Å². The van der Waals surface area contributed by atoms with E-state index in [4.69, 9.17) is 4.74 Å². The standard InChI is InChI=1S/C52H39NO/c1-3-37(34-36(2)38-14-6-4-7-15-38)40-22-28-44(29-23-40)53(45-30-24-41(25-31-45)39-16-8-5-9-17-39)50-21-13-12-19-46(50)43-27-33-51-49(35-43)48-32-26-42-18-10-11-20-47(42)52(48)54-51/h3-35,49,51H,1-2H2/b37-34+. The molecule has 2 unspecified atom stereocenters. The molecule has 0 saturated heterocycles. The summed E-state index contributed by atoms with van der Waals surface area (Å²) in [5, 5.41) is 2.37. The lowest BCUT2D eigenvalue weighted by Crippen LogP contribution is -2.18. The van der Waals surface area contributed by atoms with Gasteiger partial charge in [0.05, 0.1) is 5.69 Å². The topological polar surface area (TPSA) is 12.5 Å². The molecule has 0 bridgehead atoms. The summed E-state index contributed by atoms with van der Waals surface area (Å²) in [6.45, 7) is 8.48. The molecule has 258 valence electrons. The first kappa shape index (κ1) is 33.0. The van der Waals surface area contributed by atoms with Gasteiger partial charge in [-0.15, -0.1) is 0 Å². The van der Waals surface area contributed by atoms with E-state index in [1.165, 1.54) is 33.0 Å². The van der Waals surface area contributed by atoms with E-state index >= 15 is 0 Å². The molecular weight excluding hydrogens is 655 g/mol. The van der Waals surface area contributed by atoms with Crippen LogP contribution in [0.1, 0.15) is 28.2 Å². The van der Waals surface area contributed by atoms with Crippen molar-refractivity contribution in [2.24, 2.45) is 0 Å². The van der Waals surface area contributed by atoms with E-state index in [2.05, 4.69) is 194 Å². The highest BCUT2D eigenvalue weighted by atomic mass is 16.5. The van der Waals surface area contributed by atoms with Crippen LogP contribution in [-0.4, -0.2) is 6.10 Å². The number of benzene rings is 7. The lowest BCUT2D eigenvalue weighted by molar-refractivity contribution is 0.272. The molecule has 7 aromatic carbocycles. The Labute approximate surface area is 317 Å². The highest BCUT2D eigenvalue weighted by Gasteiger charge is 2.35. The van der Waals surface area contributed by atoms with Crippen LogP contribution in [0.25, 0.3) is 38.6 Å². The number of para-hydroxylation sites is 1. The fraction of sp³-hybridized carbons (Fsp3) is 0.0385. The van der Waals surface area contributed by atoms with E-state index in [1.807, 2.05) is 24.3 Å². The largest absolute Gasteiger partial charge is 0.484 e. The highest BCUT2D eigenvalue weighted by Crippen LogP contribution is 2.48. The van der Waals surface area contributed by atoms with Gasteiger partial charge in [-0.2, -0.15) is 0 Å². The zero-order valence-corrected chi connectivity index (χ0v) is 30.0. The number of rotatable bonds is 9. The number of hydrogen-bond acceptors (Lipinski definition) is 2. The van der Waals surface area contributed by atoms with Crippen LogP contribution in [0.15, 0.2) is 213 Å². The fourth-order valence-electron chi connectivity index (χ4n) is 7.77. The molecule has 0 fully saturated rings. The molecule has 54 heavy (non-hydrogen) atoms. The Bertz CT molecular complexity index is 2590. The summed E-state index contributed by atoms with van der Waals surface area (Å²) in [7, 11) is 0. The maximum absolute atomic E-state index is 6.60. The first-order valence-electron chi connectivity index (χ1n) is 18.5. The van der Waals surface area contributed by atoms with Gasteiger partial charge in [-0.3, -0.25) is 0 Å². The molecule has 0 radical (unpaired) electrons. The van der Waals surface area contributed by atoms with Crippen molar-refractivity contribution in [2.75, 3.05) is 4.90 Å². The van der Waals surface area contributed by atoms with Crippen molar-refractivity contribution in [3.8, 4) is 16.9 Å². The Morgan fingerprint density at radius 1 is 0.611 bits per heavy atom. The number of anilines is 3. The summed E-state index contributed by atoms with van der Waals surface area (Å²) in [5.41, 5.74) is 13.3. The third-order valence-corrected chi connectivity index (χ3v) is 10.5. The van der Waals surface area contributed by atoms with Gasteiger partial charge in [-0.05, 0) is 86.8 Å². The Morgan fingerprint density at radius 2 is 1.26 bits per heavy atom. The third-order valence-electron chi connectivity index (χ3n) is 10.5. The van der Waals surface area contributed by atoms with Crippen molar-refractivity contribution >= 4 is 44.6 Å². The monoisotopic (exact) mass is 693 g/mol. The second kappa shape index (κ2) is 14.3. The maximum atomic E-state index is 6.60. The maximum Gasteiger partial charge on any atom is 0.132 e. The smallest absolute Gasteiger partial charge is 0.132 e. The van der Waals surface area contributed by atoms with Gasteiger partial charge in [0.2, 0.25) is 0 Å². The van der Waals surface area contributed by atoms with Crippen LogP contribution in [-0.2, 0) is 0 Å². The number of allylic oxidation sites excluding steroid dienone is 6. The normalized spacial score (nSPS) is 15.9.